The van der Waals surface area contributed by atoms with Gasteiger partial charge in [-0.15, -0.1) is 11.3 Å². The molecule has 0 amide bonds. The number of halogens is 1. The van der Waals surface area contributed by atoms with Crippen LogP contribution in [0.5, 0.6) is 5.75 Å². The van der Waals surface area contributed by atoms with Gasteiger partial charge in [-0.3, -0.25) is 14.6 Å². The van der Waals surface area contributed by atoms with Crippen molar-refractivity contribution < 1.29 is 4.74 Å². The van der Waals surface area contributed by atoms with Gasteiger partial charge in [0.15, 0.2) is 0 Å². The fourth-order valence-corrected chi connectivity index (χ4v) is 5.25. The van der Waals surface area contributed by atoms with Gasteiger partial charge in [-0.1, -0.05) is 23.7 Å². The Morgan fingerprint density at radius 2 is 1.67 bits per heavy atom. The zero-order chi connectivity index (χ0) is 22.8. The summed E-state index contributed by atoms with van der Waals surface area (Å²) in [7, 11) is 1.65. The first-order chi connectivity index (χ1) is 16.1. The maximum atomic E-state index is 12.7. The quantitative estimate of drug-likeness (QED) is 0.436. The van der Waals surface area contributed by atoms with Crippen LogP contribution in [-0.4, -0.2) is 53.1 Å². The fraction of sp³-hybridized carbons (Fsp3) is 0.280. The number of aromatic nitrogens is 2. The van der Waals surface area contributed by atoms with Crippen LogP contribution < -0.4 is 10.3 Å². The van der Waals surface area contributed by atoms with Gasteiger partial charge >= 0.3 is 0 Å². The Hall–Kier alpha value is -2.71. The molecule has 2 aromatic heterocycles. The zero-order valence-electron chi connectivity index (χ0n) is 18.4. The van der Waals surface area contributed by atoms with E-state index in [1.807, 2.05) is 42.5 Å². The van der Waals surface area contributed by atoms with Crippen molar-refractivity contribution in [1.82, 2.24) is 19.8 Å². The highest BCUT2D eigenvalue weighted by atomic mass is 35.5. The van der Waals surface area contributed by atoms with E-state index in [1.54, 1.807) is 7.11 Å². The number of aromatic amines is 1. The number of rotatable bonds is 6. The van der Waals surface area contributed by atoms with E-state index in [-0.39, 0.29) is 5.56 Å². The molecule has 33 heavy (non-hydrogen) atoms. The van der Waals surface area contributed by atoms with Gasteiger partial charge in [0.2, 0.25) is 0 Å². The maximum absolute atomic E-state index is 12.7. The molecule has 0 radical (unpaired) electrons. The minimum absolute atomic E-state index is 0.0684. The Kier molecular flexibility index (Phi) is 6.46. The van der Waals surface area contributed by atoms with Crippen molar-refractivity contribution in [2.45, 2.75) is 13.1 Å². The van der Waals surface area contributed by atoms with E-state index in [0.717, 1.165) is 65.3 Å². The number of nitrogens with zero attached hydrogens (tertiary/aromatic N) is 3. The molecule has 8 heteroatoms. The van der Waals surface area contributed by atoms with Gasteiger partial charge in [0.1, 0.15) is 16.3 Å². The van der Waals surface area contributed by atoms with Crippen molar-refractivity contribution in [2.75, 3.05) is 33.3 Å². The Morgan fingerprint density at radius 3 is 2.33 bits per heavy atom. The number of thiophene rings is 1. The van der Waals surface area contributed by atoms with Crippen LogP contribution >= 0.6 is 22.9 Å². The number of hydrogen-bond donors (Lipinski definition) is 1. The van der Waals surface area contributed by atoms with Gasteiger partial charge in [0.05, 0.1) is 19.2 Å². The second kappa shape index (κ2) is 9.65. The lowest BCUT2D eigenvalue weighted by molar-refractivity contribution is 0.120. The molecule has 2 aromatic carbocycles. The molecular formula is C25H25ClN4O2S. The zero-order valence-corrected chi connectivity index (χ0v) is 20.0. The predicted molar refractivity (Wildman–Crippen MR) is 134 cm³/mol. The maximum Gasteiger partial charge on any atom is 0.268 e. The first-order valence-corrected chi connectivity index (χ1v) is 12.1. The summed E-state index contributed by atoms with van der Waals surface area (Å²) >= 11 is 7.46. The van der Waals surface area contributed by atoms with Gasteiger partial charge < -0.3 is 9.72 Å². The van der Waals surface area contributed by atoms with Crippen molar-refractivity contribution >= 4 is 33.2 Å². The molecule has 170 valence electrons. The third-order valence-corrected chi connectivity index (χ3v) is 7.39. The summed E-state index contributed by atoms with van der Waals surface area (Å²) in [4.78, 5) is 26.3. The number of hydrogen-bond acceptors (Lipinski definition) is 6. The number of fused-ring (bicyclic) bond motifs is 1. The van der Waals surface area contributed by atoms with Crippen molar-refractivity contribution in [3.63, 3.8) is 0 Å². The largest absolute Gasteiger partial charge is 0.497 e. The highest BCUT2D eigenvalue weighted by Gasteiger charge is 2.19. The van der Waals surface area contributed by atoms with Gasteiger partial charge in [-0.05, 0) is 53.6 Å². The summed E-state index contributed by atoms with van der Waals surface area (Å²) in [6, 6.07) is 17.9. The number of benzene rings is 2. The number of ether oxygens (including phenoxy) is 1. The summed E-state index contributed by atoms with van der Waals surface area (Å²) in [6.07, 6.45) is 0. The van der Waals surface area contributed by atoms with Crippen molar-refractivity contribution in [3.05, 3.63) is 81.4 Å². The summed E-state index contributed by atoms with van der Waals surface area (Å²) in [6.45, 7) is 5.42. The minimum atomic E-state index is -0.0684. The molecule has 1 aliphatic heterocycles. The number of nitrogens with one attached hydrogen (secondary N) is 1. The van der Waals surface area contributed by atoms with Gasteiger partial charge in [0, 0.05) is 42.6 Å². The first-order valence-electron chi connectivity index (χ1n) is 10.9. The van der Waals surface area contributed by atoms with Gasteiger partial charge in [-0.2, -0.15) is 0 Å². The lowest BCUT2D eigenvalue weighted by Crippen LogP contribution is -2.45. The Morgan fingerprint density at radius 1 is 1.00 bits per heavy atom. The van der Waals surface area contributed by atoms with Crippen molar-refractivity contribution in [2.24, 2.45) is 0 Å². The third-order valence-electron chi connectivity index (χ3n) is 5.96. The molecule has 3 heterocycles. The fourth-order valence-electron chi connectivity index (χ4n) is 4.13. The molecule has 0 atom stereocenters. The highest BCUT2D eigenvalue weighted by Crippen LogP contribution is 2.31. The van der Waals surface area contributed by atoms with Crippen LogP contribution in [0.1, 0.15) is 11.4 Å². The third kappa shape index (κ3) is 5.12. The number of methoxy groups -OCH3 is 1. The molecule has 6 nitrogen and oxygen atoms in total. The van der Waals surface area contributed by atoms with Crippen LogP contribution in [0, 0.1) is 0 Å². The number of piperazine rings is 1. The summed E-state index contributed by atoms with van der Waals surface area (Å²) in [5.41, 5.74) is 3.01. The molecular weight excluding hydrogens is 456 g/mol. The van der Waals surface area contributed by atoms with Crippen LogP contribution in [0.2, 0.25) is 5.02 Å². The molecule has 1 N–H and O–H groups in total. The van der Waals surface area contributed by atoms with Crippen molar-refractivity contribution in [3.8, 4) is 16.2 Å². The number of H-pyrrole nitrogens is 1. The van der Waals surface area contributed by atoms with E-state index in [0.29, 0.717) is 11.2 Å². The van der Waals surface area contributed by atoms with Crippen LogP contribution in [0.3, 0.4) is 0 Å². The molecule has 1 saturated heterocycles. The van der Waals surface area contributed by atoms with E-state index in [9.17, 15) is 4.79 Å². The predicted octanol–water partition coefficient (Wildman–Crippen LogP) is 4.63. The van der Waals surface area contributed by atoms with E-state index >= 15 is 0 Å². The second-order valence-electron chi connectivity index (χ2n) is 8.24. The van der Waals surface area contributed by atoms with Crippen molar-refractivity contribution in [1.29, 1.82) is 0 Å². The molecule has 0 bridgehead atoms. The molecule has 4 aromatic rings. The average molecular weight is 481 g/mol. The standard InChI is InChI=1S/C25H25ClN4O2S/c1-32-20-8-4-18(5-9-20)22-14-21-24(33-22)25(31)28-23(27-21)16-30-12-10-29(11-13-30)15-17-2-6-19(26)7-3-17/h2-9,14H,10-13,15-16H2,1H3,(H,27,28,31). The monoisotopic (exact) mass is 480 g/mol. The summed E-state index contributed by atoms with van der Waals surface area (Å²) in [5, 5.41) is 0.767. The Labute approximate surface area is 201 Å². The highest BCUT2D eigenvalue weighted by molar-refractivity contribution is 7.22. The van der Waals surface area contributed by atoms with E-state index < -0.39 is 0 Å². The summed E-state index contributed by atoms with van der Waals surface area (Å²) in [5.74, 6) is 1.53. The topological polar surface area (TPSA) is 61.5 Å². The summed E-state index contributed by atoms with van der Waals surface area (Å²) < 4.78 is 5.90. The smallest absolute Gasteiger partial charge is 0.268 e. The molecule has 1 aliphatic rings. The van der Waals surface area contributed by atoms with Gasteiger partial charge in [-0.25, -0.2) is 4.98 Å². The lowest BCUT2D eigenvalue weighted by Gasteiger charge is -2.34. The molecule has 0 saturated carbocycles. The van der Waals surface area contributed by atoms with E-state index in [2.05, 4.69) is 26.9 Å². The molecule has 1 fully saturated rings. The molecule has 0 spiro atoms. The second-order valence-corrected chi connectivity index (χ2v) is 9.73. The van der Waals surface area contributed by atoms with E-state index in [4.69, 9.17) is 21.3 Å². The Bertz CT molecular complexity index is 1290. The molecule has 0 unspecified atom stereocenters. The van der Waals surface area contributed by atoms with Crippen LogP contribution in [0.25, 0.3) is 20.7 Å². The van der Waals surface area contributed by atoms with Crippen LogP contribution in [0.15, 0.2) is 59.4 Å². The molecule has 5 rings (SSSR count). The van der Waals surface area contributed by atoms with Gasteiger partial charge in [0.25, 0.3) is 5.56 Å². The Balaban J connectivity index is 1.24. The van der Waals surface area contributed by atoms with Crippen LogP contribution in [-0.2, 0) is 13.1 Å². The van der Waals surface area contributed by atoms with Crippen LogP contribution in [0.4, 0.5) is 0 Å². The van der Waals surface area contributed by atoms with E-state index in [1.165, 1.54) is 16.9 Å². The minimum Gasteiger partial charge on any atom is -0.497 e. The lowest BCUT2D eigenvalue weighted by atomic mass is 10.2. The average Bonchev–Trinajstić information content (AvgIpc) is 3.27. The molecule has 0 aliphatic carbocycles. The first kappa shape index (κ1) is 22.1. The SMILES string of the molecule is COc1ccc(-c2cc3nc(CN4CCN(Cc5ccc(Cl)cc5)CC4)[nH]c(=O)c3s2)cc1. The normalized spacial score (nSPS) is 15.2.